The van der Waals surface area contributed by atoms with E-state index in [2.05, 4.69) is 4.98 Å². The van der Waals surface area contributed by atoms with E-state index < -0.39 is 5.97 Å². The maximum Gasteiger partial charge on any atom is 0.337 e. The van der Waals surface area contributed by atoms with Gasteiger partial charge in [-0.2, -0.15) is 0 Å². The number of hydrogen-bond acceptors (Lipinski definition) is 2. The first-order valence-electron chi connectivity index (χ1n) is 5.91. The number of nitrogens with zero attached hydrogens (tertiary/aromatic N) is 1. The van der Waals surface area contributed by atoms with E-state index in [0.29, 0.717) is 11.3 Å². The molecule has 0 bridgehead atoms. The summed E-state index contributed by atoms with van der Waals surface area (Å²) in [4.78, 5) is 15.5. The number of aryl methyl sites for hydroxylation is 3. The summed E-state index contributed by atoms with van der Waals surface area (Å²) >= 11 is 0. The maximum atomic E-state index is 11.0. The maximum absolute atomic E-state index is 11.0. The molecule has 1 aliphatic rings. The highest BCUT2D eigenvalue weighted by molar-refractivity contribution is 5.89. The minimum Gasteiger partial charge on any atom is -0.478 e. The Hall–Kier alpha value is -1.38. The molecule has 0 amide bonds. The van der Waals surface area contributed by atoms with E-state index >= 15 is 0 Å². The third-order valence-corrected chi connectivity index (χ3v) is 3.22. The molecule has 0 saturated carbocycles. The standard InChI is InChI=1S/C13H17NO2/c1-9-11(13(15)16)8-10-6-4-2-3-5-7-12(10)14-9/h8H,2-7H2,1H3,(H,15,16). The van der Waals surface area contributed by atoms with Crippen LogP contribution in [0.3, 0.4) is 0 Å². The Kier molecular flexibility index (Phi) is 3.22. The van der Waals surface area contributed by atoms with Gasteiger partial charge in [0.2, 0.25) is 0 Å². The van der Waals surface area contributed by atoms with Crippen LogP contribution in [0.1, 0.15) is 53.0 Å². The van der Waals surface area contributed by atoms with Crippen molar-refractivity contribution < 1.29 is 9.90 Å². The van der Waals surface area contributed by atoms with Crippen LogP contribution in [-0.4, -0.2) is 16.1 Å². The summed E-state index contributed by atoms with van der Waals surface area (Å²) in [5, 5.41) is 9.05. The lowest BCUT2D eigenvalue weighted by atomic mass is 9.95. The Labute approximate surface area is 95.5 Å². The van der Waals surface area contributed by atoms with Crippen molar-refractivity contribution in [3.05, 3.63) is 28.6 Å². The summed E-state index contributed by atoms with van der Waals surface area (Å²) in [6, 6.07) is 1.82. The van der Waals surface area contributed by atoms with E-state index in [-0.39, 0.29) is 0 Å². The van der Waals surface area contributed by atoms with Gasteiger partial charge < -0.3 is 5.11 Å². The van der Waals surface area contributed by atoms with Crippen molar-refractivity contribution in [3.63, 3.8) is 0 Å². The van der Waals surface area contributed by atoms with Crippen LogP contribution in [-0.2, 0) is 12.8 Å². The molecule has 0 radical (unpaired) electrons. The lowest BCUT2D eigenvalue weighted by Crippen LogP contribution is -2.09. The summed E-state index contributed by atoms with van der Waals surface area (Å²) in [6.45, 7) is 1.78. The van der Waals surface area contributed by atoms with E-state index in [1.807, 2.05) is 6.07 Å². The van der Waals surface area contributed by atoms with Crippen molar-refractivity contribution in [2.45, 2.75) is 45.4 Å². The third-order valence-electron chi connectivity index (χ3n) is 3.22. The van der Waals surface area contributed by atoms with E-state index in [9.17, 15) is 4.79 Å². The number of aromatic nitrogens is 1. The lowest BCUT2D eigenvalue weighted by Gasteiger charge is -2.14. The van der Waals surface area contributed by atoms with E-state index in [4.69, 9.17) is 5.11 Å². The average Bonchev–Trinajstić information content (AvgIpc) is 2.20. The van der Waals surface area contributed by atoms with Gasteiger partial charge in [0.05, 0.1) is 11.3 Å². The molecule has 0 aliphatic heterocycles. The molecule has 3 heteroatoms. The highest BCUT2D eigenvalue weighted by atomic mass is 16.4. The topological polar surface area (TPSA) is 50.2 Å². The predicted molar refractivity (Wildman–Crippen MR) is 61.8 cm³/mol. The molecule has 86 valence electrons. The van der Waals surface area contributed by atoms with Crippen LogP contribution in [0, 0.1) is 6.92 Å². The van der Waals surface area contributed by atoms with Gasteiger partial charge in [-0.15, -0.1) is 0 Å². The normalized spacial score (nSPS) is 16.1. The molecule has 0 atom stereocenters. The minimum atomic E-state index is -0.866. The highest BCUT2D eigenvalue weighted by Gasteiger charge is 2.14. The summed E-state index contributed by atoms with van der Waals surface area (Å²) in [5.41, 5.74) is 3.26. The summed E-state index contributed by atoms with van der Waals surface area (Å²) in [6.07, 6.45) is 6.80. The van der Waals surface area contributed by atoms with E-state index in [1.54, 1.807) is 6.92 Å². The largest absolute Gasteiger partial charge is 0.478 e. The zero-order valence-electron chi connectivity index (χ0n) is 9.62. The van der Waals surface area contributed by atoms with Crippen molar-refractivity contribution >= 4 is 5.97 Å². The number of rotatable bonds is 1. The van der Waals surface area contributed by atoms with Crippen LogP contribution < -0.4 is 0 Å². The molecule has 0 aromatic carbocycles. The second kappa shape index (κ2) is 4.64. The molecule has 0 fully saturated rings. The SMILES string of the molecule is Cc1nc2c(cc1C(=O)O)CCCCCC2. The van der Waals surface area contributed by atoms with Gasteiger partial charge in [0.1, 0.15) is 0 Å². The van der Waals surface area contributed by atoms with Crippen LogP contribution >= 0.6 is 0 Å². The Bertz CT molecular complexity index is 413. The van der Waals surface area contributed by atoms with E-state index in [1.165, 1.54) is 19.3 Å². The Morgan fingerprint density at radius 1 is 1.25 bits per heavy atom. The minimum absolute atomic E-state index is 0.360. The van der Waals surface area contributed by atoms with Crippen LogP contribution in [0.25, 0.3) is 0 Å². The molecule has 3 nitrogen and oxygen atoms in total. The zero-order chi connectivity index (χ0) is 11.5. The number of carboxylic acids is 1. The number of carbonyl (C=O) groups is 1. The fourth-order valence-electron chi connectivity index (χ4n) is 2.31. The second-order valence-electron chi connectivity index (χ2n) is 4.45. The molecule has 0 spiro atoms. The molecule has 2 rings (SSSR count). The summed E-state index contributed by atoms with van der Waals surface area (Å²) in [5.74, 6) is -0.866. The number of hydrogen-bond donors (Lipinski definition) is 1. The number of carboxylic acid groups (broad SMARTS) is 1. The van der Waals surface area contributed by atoms with Gasteiger partial charge in [-0.05, 0) is 44.2 Å². The highest BCUT2D eigenvalue weighted by Crippen LogP contribution is 2.21. The van der Waals surface area contributed by atoms with Crippen molar-refractivity contribution in [1.29, 1.82) is 0 Å². The van der Waals surface area contributed by atoms with E-state index in [0.717, 1.165) is 30.5 Å². The second-order valence-corrected chi connectivity index (χ2v) is 4.45. The van der Waals surface area contributed by atoms with Gasteiger partial charge in [0.15, 0.2) is 0 Å². The van der Waals surface area contributed by atoms with Crippen molar-refractivity contribution in [2.75, 3.05) is 0 Å². The Balaban J connectivity index is 2.41. The van der Waals surface area contributed by atoms with Crippen molar-refractivity contribution in [1.82, 2.24) is 4.98 Å². The molecular weight excluding hydrogens is 202 g/mol. The van der Waals surface area contributed by atoms with Gasteiger partial charge in [0, 0.05) is 5.69 Å². The fourth-order valence-corrected chi connectivity index (χ4v) is 2.31. The molecule has 1 aliphatic carbocycles. The quantitative estimate of drug-likeness (QED) is 0.790. The number of pyridine rings is 1. The molecule has 1 heterocycles. The fraction of sp³-hybridized carbons (Fsp3) is 0.538. The molecular formula is C13H17NO2. The average molecular weight is 219 g/mol. The van der Waals surface area contributed by atoms with Crippen LogP contribution in [0.4, 0.5) is 0 Å². The van der Waals surface area contributed by atoms with Crippen LogP contribution in [0.5, 0.6) is 0 Å². The van der Waals surface area contributed by atoms with Crippen LogP contribution in [0.15, 0.2) is 6.07 Å². The predicted octanol–water partition coefficient (Wildman–Crippen LogP) is 2.75. The molecule has 1 aromatic rings. The molecule has 16 heavy (non-hydrogen) atoms. The van der Waals surface area contributed by atoms with Crippen molar-refractivity contribution in [2.24, 2.45) is 0 Å². The molecule has 0 unspecified atom stereocenters. The van der Waals surface area contributed by atoms with Gasteiger partial charge in [0.25, 0.3) is 0 Å². The van der Waals surface area contributed by atoms with Gasteiger partial charge in [-0.1, -0.05) is 12.8 Å². The Morgan fingerprint density at radius 2 is 1.94 bits per heavy atom. The summed E-state index contributed by atoms with van der Waals surface area (Å²) in [7, 11) is 0. The first-order chi connectivity index (χ1) is 7.68. The van der Waals surface area contributed by atoms with Gasteiger partial charge in [-0.3, -0.25) is 4.98 Å². The van der Waals surface area contributed by atoms with Crippen molar-refractivity contribution in [3.8, 4) is 0 Å². The third kappa shape index (κ3) is 2.23. The zero-order valence-corrected chi connectivity index (χ0v) is 9.62. The Morgan fingerprint density at radius 3 is 2.62 bits per heavy atom. The molecule has 1 N–H and O–H groups in total. The number of aromatic carboxylic acids is 1. The summed E-state index contributed by atoms with van der Waals surface area (Å²) < 4.78 is 0. The smallest absolute Gasteiger partial charge is 0.337 e. The van der Waals surface area contributed by atoms with Gasteiger partial charge >= 0.3 is 5.97 Å². The van der Waals surface area contributed by atoms with Crippen LogP contribution in [0.2, 0.25) is 0 Å². The lowest BCUT2D eigenvalue weighted by molar-refractivity contribution is 0.0695. The number of fused-ring (bicyclic) bond motifs is 1. The van der Waals surface area contributed by atoms with Gasteiger partial charge in [-0.25, -0.2) is 4.79 Å². The first kappa shape index (κ1) is 11.1. The first-order valence-corrected chi connectivity index (χ1v) is 5.91. The molecule has 1 aromatic heterocycles. The molecule has 0 saturated heterocycles. The monoisotopic (exact) mass is 219 g/mol.